The summed E-state index contributed by atoms with van der Waals surface area (Å²) in [7, 11) is 0. The van der Waals surface area contributed by atoms with Crippen molar-refractivity contribution in [3.05, 3.63) is 22.8 Å². The van der Waals surface area contributed by atoms with Crippen molar-refractivity contribution in [1.82, 2.24) is 0 Å². The Kier molecular flexibility index (Phi) is 2.89. The van der Waals surface area contributed by atoms with E-state index in [0.717, 1.165) is 12.2 Å². The van der Waals surface area contributed by atoms with Crippen LogP contribution in [0.3, 0.4) is 0 Å². The number of rotatable bonds is 0. The fourth-order valence-electron chi connectivity index (χ4n) is 1.06. The topological polar surface area (TPSA) is 0 Å². The second-order valence-corrected chi connectivity index (χ2v) is 4.03. The lowest BCUT2D eigenvalue weighted by molar-refractivity contribution is -0.0887. The molecular formula is C9H5Cl2F3. The number of hydrogen-bond donors (Lipinski definition) is 0. The molecule has 0 amide bonds. The van der Waals surface area contributed by atoms with Gasteiger partial charge < -0.3 is 0 Å². The average molecular weight is 241 g/mol. The molecule has 76 valence electrons. The fraction of sp³-hybridized carbons (Fsp3) is 0.333. The highest BCUT2D eigenvalue weighted by Gasteiger charge is 2.38. The van der Waals surface area contributed by atoms with Crippen LogP contribution in [0.4, 0.5) is 13.2 Å². The summed E-state index contributed by atoms with van der Waals surface area (Å²) >= 11 is 11.2. The van der Waals surface area contributed by atoms with Gasteiger partial charge in [-0.2, -0.15) is 13.2 Å². The van der Waals surface area contributed by atoms with E-state index in [1.165, 1.54) is 0 Å². The van der Waals surface area contributed by atoms with Crippen LogP contribution in [0.15, 0.2) is 22.8 Å². The molecule has 0 bridgehead atoms. The van der Waals surface area contributed by atoms with Gasteiger partial charge in [0, 0.05) is 11.5 Å². The third-order valence-electron chi connectivity index (χ3n) is 1.69. The Morgan fingerprint density at radius 2 is 2.07 bits per heavy atom. The van der Waals surface area contributed by atoms with Crippen LogP contribution in [-0.2, 0) is 0 Å². The fourth-order valence-corrected chi connectivity index (χ4v) is 1.72. The van der Waals surface area contributed by atoms with Crippen molar-refractivity contribution in [2.45, 2.75) is 17.5 Å². The van der Waals surface area contributed by atoms with Crippen molar-refractivity contribution in [2.24, 2.45) is 0 Å². The lowest BCUT2D eigenvalue weighted by Gasteiger charge is -2.23. The van der Waals surface area contributed by atoms with Crippen LogP contribution >= 0.6 is 23.2 Å². The molecule has 0 aromatic rings. The van der Waals surface area contributed by atoms with Crippen molar-refractivity contribution in [1.29, 1.82) is 0 Å². The zero-order valence-corrected chi connectivity index (χ0v) is 8.34. The van der Waals surface area contributed by atoms with Crippen molar-refractivity contribution in [3.8, 4) is 12.3 Å². The molecule has 1 aliphatic carbocycles. The quantitative estimate of drug-likeness (QED) is 0.449. The Balaban J connectivity index is 3.14. The summed E-state index contributed by atoms with van der Waals surface area (Å²) in [6.07, 6.45) is 2.21. The van der Waals surface area contributed by atoms with Crippen molar-refractivity contribution >= 4 is 23.2 Å². The third-order valence-corrected chi connectivity index (χ3v) is 2.28. The Morgan fingerprint density at radius 3 is 2.50 bits per heavy atom. The highest BCUT2D eigenvalue weighted by molar-refractivity contribution is 6.33. The maximum absolute atomic E-state index is 12.3. The molecule has 0 radical (unpaired) electrons. The van der Waals surface area contributed by atoms with E-state index in [4.69, 9.17) is 29.6 Å². The van der Waals surface area contributed by atoms with E-state index < -0.39 is 16.6 Å². The minimum absolute atomic E-state index is 0.00720. The first-order valence-corrected chi connectivity index (χ1v) is 4.35. The van der Waals surface area contributed by atoms with Crippen LogP contribution in [0.25, 0.3) is 0 Å². The largest absolute Gasteiger partial charge is 0.416 e. The maximum atomic E-state index is 12.3. The summed E-state index contributed by atoms with van der Waals surface area (Å²) in [6, 6.07) is 0. The summed E-state index contributed by atoms with van der Waals surface area (Å²) in [5.74, 6) is 2.08. The van der Waals surface area contributed by atoms with Gasteiger partial charge in [-0.05, 0) is 12.2 Å². The molecular weight excluding hydrogens is 236 g/mol. The van der Waals surface area contributed by atoms with Crippen LogP contribution in [0.5, 0.6) is 0 Å². The number of hydrogen-bond acceptors (Lipinski definition) is 0. The van der Waals surface area contributed by atoms with E-state index in [1.807, 2.05) is 0 Å². The van der Waals surface area contributed by atoms with Gasteiger partial charge in [0.25, 0.3) is 0 Å². The van der Waals surface area contributed by atoms with Crippen LogP contribution in [-0.4, -0.2) is 11.1 Å². The minimum Gasteiger partial charge on any atom is -0.166 e. The number of alkyl halides is 4. The number of halogens is 5. The van der Waals surface area contributed by atoms with Crippen LogP contribution < -0.4 is 0 Å². The third kappa shape index (κ3) is 2.46. The van der Waals surface area contributed by atoms with Gasteiger partial charge in [-0.15, -0.1) is 18.0 Å². The summed E-state index contributed by atoms with van der Waals surface area (Å²) in [5.41, 5.74) is -0.901. The van der Waals surface area contributed by atoms with Gasteiger partial charge in [-0.25, -0.2) is 0 Å². The zero-order valence-electron chi connectivity index (χ0n) is 6.83. The van der Waals surface area contributed by atoms with Crippen molar-refractivity contribution < 1.29 is 13.2 Å². The van der Waals surface area contributed by atoms with Crippen molar-refractivity contribution in [3.63, 3.8) is 0 Å². The molecule has 0 aromatic heterocycles. The minimum atomic E-state index is -4.47. The van der Waals surface area contributed by atoms with E-state index in [-0.39, 0.29) is 11.5 Å². The molecule has 0 spiro atoms. The molecule has 0 N–H and O–H groups in total. The first-order chi connectivity index (χ1) is 6.27. The monoisotopic (exact) mass is 240 g/mol. The molecule has 1 unspecified atom stereocenters. The highest BCUT2D eigenvalue weighted by Crippen LogP contribution is 2.39. The normalized spacial score (nSPS) is 27.7. The van der Waals surface area contributed by atoms with E-state index >= 15 is 0 Å². The van der Waals surface area contributed by atoms with Crippen LogP contribution in [0, 0.1) is 12.3 Å². The molecule has 0 saturated heterocycles. The van der Waals surface area contributed by atoms with Gasteiger partial charge in [0.15, 0.2) is 0 Å². The molecule has 0 nitrogen and oxygen atoms in total. The molecule has 0 aromatic carbocycles. The second-order valence-electron chi connectivity index (χ2n) is 2.87. The zero-order chi connectivity index (χ0) is 11.0. The Bertz CT molecular complexity index is 346. The molecule has 1 rings (SSSR count). The molecule has 0 aliphatic heterocycles. The first kappa shape index (κ1) is 11.5. The number of terminal acetylenes is 1. The first-order valence-electron chi connectivity index (χ1n) is 3.60. The molecule has 14 heavy (non-hydrogen) atoms. The summed E-state index contributed by atoms with van der Waals surface area (Å²) in [5, 5.41) is 0.00720. The van der Waals surface area contributed by atoms with E-state index in [0.29, 0.717) is 0 Å². The van der Waals surface area contributed by atoms with E-state index in [9.17, 15) is 13.2 Å². The Hall–Kier alpha value is -0.590. The Morgan fingerprint density at radius 1 is 1.50 bits per heavy atom. The molecule has 0 heterocycles. The van der Waals surface area contributed by atoms with Gasteiger partial charge in [0.2, 0.25) is 0 Å². The van der Waals surface area contributed by atoms with Crippen LogP contribution in [0.1, 0.15) is 6.42 Å². The predicted octanol–water partition coefficient (Wildman–Crippen LogP) is 3.61. The molecule has 1 atom stereocenters. The average Bonchev–Trinajstić information content (AvgIpc) is 2.01. The van der Waals surface area contributed by atoms with Gasteiger partial charge in [-0.1, -0.05) is 17.5 Å². The number of allylic oxidation sites excluding steroid dienone is 4. The molecule has 0 saturated carbocycles. The molecule has 1 aliphatic rings. The van der Waals surface area contributed by atoms with Gasteiger partial charge in [0.05, 0.1) is 5.57 Å². The van der Waals surface area contributed by atoms with E-state index in [2.05, 4.69) is 5.92 Å². The van der Waals surface area contributed by atoms with Gasteiger partial charge in [0.1, 0.15) is 4.87 Å². The standard InChI is InChI=1S/C9H5Cl2F3/c1-2-8(11)4-6(9(12,13)14)3-7(10)5-8/h1,3-4H,5H2. The predicted molar refractivity (Wildman–Crippen MR) is 50.1 cm³/mol. The second kappa shape index (κ2) is 3.52. The van der Waals surface area contributed by atoms with Crippen molar-refractivity contribution in [2.75, 3.05) is 0 Å². The maximum Gasteiger partial charge on any atom is 0.416 e. The van der Waals surface area contributed by atoms with Crippen LogP contribution in [0.2, 0.25) is 0 Å². The van der Waals surface area contributed by atoms with E-state index in [1.54, 1.807) is 0 Å². The highest BCUT2D eigenvalue weighted by atomic mass is 35.5. The summed E-state index contributed by atoms with van der Waals surface area (Å²) in [4.78, 5) is -1.46. The summed E-state index contributed by atoms with van der Waals surface area (Å²) < 4.78 is 36.9. The molecule has 0 fully saturated rings. The SMILES string of the molecule is C#CC1(Cl)C=C(C(F)(F)F)C=C(Cl)C1. The molecule has 5 heteroatoms. The van der Waals surface area contributed by atoms with Gasteiger partial charge in [-0.3, -0.25) is 0 Å². The lowest BCUT2D eigenvalue weighted by atomic mass is 9.95. The lowest BCUT2D eigenvalue weighted by Crippen LogP contribution is -2.23. The van der Waals surface area contributed by atoms with Gasteiger partial charge >= 0.3 is 6.18 Å². The smallest absolute Gasteiger partial charge is 0.166 e. The Labute approximate surface area is 89.4 Å². The summed E-state index contributed by atoms with van der Waals surface area (Å²) in [6.45, 7) is 0.